The maximum absolute atomic E-state index is 13.1. The minimum atomic E-state index is -4.63. The lowest BCUT2D eigenvalue weighted by Crippen LogP contribution is -2.55. The van der Waals surface area contributed by atoms with Crippen molar-refractivity contribution >= 4 is 38.6 Å². The van der Waals surface area contributed by atoms with Gasteiger partial charge in [0.25, 0.3) is 5.91 Å². The number of carbonyl (C=O) groups excluding carboxylic acids is 2. The zero-order valence-corrected chi connectivity index (χ0v) is 19.9. The molecule has 4 heterocycles. The predicted molar refractivity (Wildman–Crippen MR) is 123 cm³/mol. The van der Waals surface area contributed by atoms with Gasteiger partial charge in [-0.25, -0.2) is 9.78 Å². The second-order valence-corrected chi connectivity index (χ2v) is 10.2. The van der Waals surface area contributed by atoms with Gasteiger partial charge < -0.3 is 20.3 Å². The van der Waals surface area contributed by atoms with Crippen LogP contribution in [0, 0.1) is 0 Å². The van der Waals surface area contributed by atoms with E-state index in [0.717, 1.165) is 24.1 Å². The lowest BCUT2D eigenvalue weighted by Gasteiger charge is -2.43. The zero-order chi connectivity index (χ0) is 24.7. The lowest BCUT2D eigenvalue weighted by molar-refractivity contribution is -0.246. The third-order valence-corrected chi connectivity index (χ3v) is 7.52. The normalized spacial score (nSPS) is 19.0. The van der Waals surface area contributed by atoms with Gasteiger partial charge in [-0.2, -0.15) is 13.2 Å². The van der Waals surface area contributed by atoms with Gasteiger partial charge >= 0.3 is 12.3 Å². The van der Waals surface area contributed by atoms with E-state index in [0.29, 0.717) is 62.7 Å². The summed E-state index contributed by atoms with van der Waals surface area (Å²) in [6.45, 7) is 4.84. The van der Waals surface area contributed by atoms with Gasteiger partial charge in [0.1, 0.15) is 9.83 Å². The van der Waals surface area contributed by atoms with Crippen LogP contribution >= 0.6 is 11.3 Å². The summed E-state index contributed by atoms with van der Waals surface area (Å²) in [6.07, 6.45) is -2.61. The van der Waals surface area contributed by atoms with Crippen molar-refractivity contribution in [2.24, 2.45) is 0 Å². The van der Waals surface area contributed by atoms with Gasteiger partial charge in [-0.15, -0.1) is 0 Å². The molecule has 0 atom stereocenters. The smallest absolute Gasteiger partial charge is 0.427 e. The number of fused-ring (bicyclic) bond motifs is 1. The summed E-state index contributed by atoms with van der Waals surface area (Å²) in [5, 5.41) is 1.24. The second kappa shape index (κ2) is 9.21. The van der Waals surface area contributed by atoms with E-state index in [9.17, 15) is 22.8 Å². The lowest BCUT2D eigenvalue weighted by atomic mass is 10.0. The van der Waals surface area contributed by atoms with Crippen molar-refractivity contribution in [3.05, 3.63) is 23.9 Å². The highest BCUT2D eigenvalue weighted by Crippen LogP contribution is 2.34. The maximum atomic E-state index is 13.1. The molecule has 0 unspecified atom stereocenters. The summed E-state index contributed by atoms with van der Waals surface area (Å²) in [7, 11) is 0. The Morgan fingerprint density at radius 2 is 1.74 bits per heavy atom. The molecule has 186 valence electrons. The number of rotatable bonds is 3. The van der Waals surface area contributed by atoms with Crippen LogP contribution in [0.2, 0.25) is 0 Å². The largest absolute Gasteiger partial charge is 0.434 e. The molecule has 2 aliphatic heterocycles. The number of hydrogen-bond acceptors (Lipinski definition) is 7. The van der Waals surface area contributed by atoms with Crippen LogP contribution in [0.1, 0.15) is 37.0 Å². The molecule has 0 spiro atoms. The number of alkyl halides is 3. The monoisotopic (exact) mass is 499 g/mol. The molecule has 2 aromatic rings. The number of hydrogen-bond donors (Lipinski definition) is 1. The summed E-state index contributed by atoms with van der Waals surface area (Å²) in [6, 6.07) is 3.84. The van der Waals surface area contributed by atoms with Crippen LogP contribution in [0.3, 0.4) is 0 Å². The minimum absolute atomic E-state index is 0.0961. The van der Waals surface area contributed by atoms with Crippen molar-refractivity contribution in [3.8, 4) is 0 Å². The van der Waals surface area contributed by atoms with E-state index >= 15 is 0 Å². The molecular weight excluding hydrogens is 471 g/mol. The highest BCUT2D eigenvalue weighted by atomic mass is 32.1. The van der Waals surface area contributed by atoms with E-state index in [4.69, 9.17) is 10.5 Å². The number of ether oxygens (including phenoxy) is 1. The highest BCUT2D eigenvalue weighted by molar-refractivity contribution is 7.22. The number of carbonyl (C=O) groups is 2. The zero-order valence-electron chi connectivity index (χ0n) is 19.1. The molecule has 34 heavy (non-hydrogen) atoms. The predicted octanol–water partition coefficient (Wildman–Crippen LogP) is 3.58. The average Bonchev–Trinajstić information content (AvgIpc) is 3.13. The molecule has 4 rings (SSSR count). The van der Waals surface area contributed by atoms with Crippen molar-refractivity contribution < 1.29 is 27.5 Å². The second-order valence-electron chi connectivity index (χ2n) is 9.12. The first-order valence-electron chi connectivity index (χ1n) is 11.2. The molecule has 2 fully saturated rings. The Hall–Kier alpha value is -2.60. The van der Waals surface area contributed by atoms with Crippen molar-refractivity contribution in [2.75, 3.05) is 45.0 Å². The van der Waals surface area contributed by atoms with Crippen molar-refractivity contribution in [1.29, 1.82) is 0 Å². The first-order chi connectivity index (χ1) is 16.0. The Bertz CT molecular complexity index is 1060. The first kappa shape index (κ1) is 24.5. The Morgan fingerprint density at radius 3 is 2.35 bits per heavy atom. The molecule has 0 saturated carbocycles. The number of halogens is 3. The molecule has 8 nitrogen and oxygen atoms in total. The van der Waals surface area contributed by atoms with Crippen LogP contribution in [-0.2, 0) is 4.74 Å². The number of anilines is 1. The number of thiophene rings is 1. The molecule has 2 amide bonds. The van der Waals surface area contributed by atoms with E-state index in [-0.39, 0.29) is 11.9 Å². The van der Waals surface area contributed by atoms with E-state index in [1.165, 1.54) is 16.2 Å². The van der Waals surface area contributed by atoms with Crippen LogP contribution in [0.25, 0.3) is 10.2 Å². The summed E-state index contributed by atoms with van der Waals surface area (Å²) in [4.78, 5) is 35.8. The van der Waals surface area contributed by atoms with Gasteiger partial charge in [0.2, 0.25) is 5.60 Å². The molecule has 0 aromatic carbocycles. The number of amides is 2. The minimum Gasteiger partial charge on any atom is -0.434 e. The van der Waals surface area contributed by atoms with Crippen LogP contribution in [-0.4, -0.2) is 88.8 Å². The molecule has 0 aliphatic carbocycles. The number of likely N-dealkylation sites (tertiary alicyclic amines) is 1. The fraction of sp³-hybridized carbons (Fsp3) is 0.591. The average molecular weight is 500 g/mol. The fourth-order valence-corrected chi connectivity index (χ4v) is 5.27. The maximum Gasteiger partial charge on any atom is 0.427 e. The van der Waals surface area contributed by atoms with E-state index in [2.05, 4.69) is 9.88 Å². The van der Waals surface area contributed by atoms with Crippen molar-refractivity contribution in [3.63, 3.8) is 0 Å². The summed E-state index contributed by atoms with van der Waals surface area (Å²) in [5.74, 6) is -0.0961. The molecule has 0 bridgehead atoms. The van der Waals surface area contributed by atoms with Gasteiger partial charge in [-0.3, -0.25) is 9.69 Å². The van der Waals surface area contributed by atoms with Gasteiger partial charge in [0, 0.05) is 56.9 Å². The fourth-order valence-electron chi connectivity index (χ4n) is 4.37. The molecule has 2 saturated heterocycles. The van der Waals surface area contributed by atoms with Crippen LogP contribution in [0.15, 0.2) is 18.3 Å². The topological polar surface area (TPSA) is 92.0 Å². The number of pyridine rings is 1. The van der Waals surface area contributed by atoms with Gasteiger partial charge in [0.05, 0.1) is 5.56 Å². The quantitative estimate of drug-likeness (QED) is 0.694. The van der Waals surface area contributed by atoms with Gasteiger partial charge in [0.15, 0.2) is 0 Å². The van der Waals surface area contributed by atoms with Gasteiger partial charge in [-0.05, 0) is 38.8 Å². The first-order valence-corrected chi connectivity index (χ1v) is 12.0. The Morgan fingerprint density at radius 1 is 1.09 bits per heavy atom. The molecule has 2 aliphatic rings. The summed E-state index contributed by atoms with van der Waals surface area (Å²) in [5.41, 5.74) is 4.10. The summed E-state index contributed by atoms with van der Waals surface area (Å²) >= 11 is 1.31. The molecular formula is C22H28F3N5O3S. The number of nitrogens with zero attached hydrogens (tertiary/aromatic N) is 4. The van der Waals surface area contributed by atoms with Gasteiger partial charge in [-0.1, -0.05) is 11.3 Å². The Balaban J connectivity index is 1.29. The number of nitrogens with two attached hydrogens (primary N) is 1. The number of aromatic nitrogens is 1. The van der Waals surface area contributed by atoms with Crippen molar-refractivity contribution in [2.45, 2.75) is 44.5 Å². The van der Waals surface area contributed by atoms with E-state index < -0.39 is 17.9 Å². The number of piperazine rings is 1. The third-order valence-electron chi connectivity index (χ3n) is 6.57. The molecule has 2 N–H and O–H groups in total. The highest BCUT2D eigenvalue weighted by Gasteiger charge is 2.51. The van der Waals surface area contributed by atoms with Crippen molar-refractivity contribution in [1.82, 2.24) is 19.7 Å². The van der Waals surface area contributed by atoms with E-state index in [1.54, 1.807) is 17.2 Å². The Labute approximate surface area is 199 Å². The SMILES string of the molecule is CC(C)(OC(=O)N1CCC(N2CCN(C(=O)c3c(N)sc4ncccc34)CC2)CC1)C(F)(F)F. The molecule has 2 aromatic heterocycles. The Kier molecular flexibility index (Phi) is 6.65. The molecule has 12 heteroatoms. The number of piperidine rings is 1. The summed E-state index contributed by atoms with van der Waals surface area (Å²) < 4.78 is 43.7. The van der Waals surface area contributed by atoms with Crippen LogP contribution in [0.4, 0.5) is 23.0 Å². The number of nitrogen functional groups attached to an aromatic ring is 1. The van der Waals surface area contributed by atoms with Crippen LogP contribution in [0.5, 0.6) is 0 Å². The van der Waals surface area contributed by atoms with E-state index in [1.807, 2.05) is 6.07 Å². The third kappa shape index (κ3) is 4.78. The molecule has 0 radical (unpaired) electrons. The standard InChI is InChI=1S/C22H28F3N5O3S/c1-21(2,22(23,24)25)33-20(32)30-8-5-14(6-9-30)28-10-12-29(13-11-28)19(31)16-15-4-3-7-27-18(15)34-17(16)26/h3-4,7,14H,5-6,8-13,26H2,1-2H3. The van der Waals surface area contributed by atoms with Crippen LogP contribution < -0.4 is 5.73 Å².